The van der Waals surface area contributed by atoms with Crippen molar-refractivity contribution in [1.82, 2.24) is 20.0 Å². The Kier molecular flexibility index (Phi) is 5.03. The predicted octanol–water partition coefficient (Wildman–Crippen LogP) is 1.45. The molecule has 0 saturated heterocycles. The molecule has 25 heavy (non-hydrogen) atoms. The largest absolute Gasteiger partial charge is 0.352 e. The lowest BCUT2D eigenvalue weighted by molar-refractivity contribution is -0.120. The van der Waals surface area contributed by atoms with Crippen LogP contribution >= 0.6 is 0 Å². The summed E-state index contributed by atoms with van der Waals surface area (Å²) >= 11 is 0. The number of nitrogens with zero attached hydrogens (tertiary/aromatic N) is 3. The molecular weight excluding hydrogens is 320 g/mol. The van der Waals surface area contributed by atoms with Crippen LogP contribution in [0.15, 0.2) is 58.0 Å². The zero-order valence-electron chi connectivity index (χ0n) is 13.8. The molecule has 1 N–H and O–H groups in total. The Bertz CT molecular complexity index is 915. The van der Waals surface area contributed by atoms with Crippen LogP contribution in [0.2, 0.25) is 0 Å². The van der Waals surface area contributed by atoms with Gasteiger partial charge in [-0.25, -0.2) is 0 Å². The van der Waals surface area contributed by atoms with E-state index in [1.807, 2.05) is 43.3 Å². The fourth-order valence-electron chi connectivity index (χ4n) is 2.31. The van der Waals surface area contributed by atoms with Gasteiger partial charge in [-0.15, -0.1) is 0 Å². The molecule has 0 aliphatic rings. The summed E-state index contributed by atoms with van der Waals surface area (Å²) in [4.78, 5) is 28.0. The quantitative estimate of drug-likeness (QED) is 0.735. The second kappa shape index (κ2) is 7.57. The van der Waals surface area contributed by atoms with E-state index in [4.69, 9.17) is 4.52 Å². The second-order valence-electron chi connectivity index (χ2n) is 5.71. The van der Waals surface area contributed by atoms with E-state index in [1.54, 1.807) is 6.20 Å². The lowest BCUT2D eigenvalue weighted by Crippen LogP contribution is -2.25. The minimum absolute atomic E-state index is 0.0269. The van der Waals surface area contributed by atoms with Gasteiger partial charge in [-0.05, 0) is 24.1 Å². The Morgan fingerprint density at radius 3 is 2.80 bits per heavy atom. The van der Waals surface area contributed by atoms with Gasteiger partial charge in [-0.2, -0.15) is 4.98 Å². The first-order valence-corrected chi connectivity index (χ1v) is 7.89. The first kappa shape index (κ1) is 16.6. The minimum atomic E-state index is -0.191. The molecule has 0 bridgehead atoms. The van der Waals surface area contributed by atoms with Gasteiger partial charge in [0.2, 0.25) is 11.8 Å². The van der Waals surface area contributed by atoms with Crippen molar-refractivity contribution < 1.29 is 9.32 Å². The molecule has 0 spiro atoms. The standard InChI is InChI=1S/C18H18N4O3/c1-13-7-8-22(18(24)9-13)12-17-20-15(21-25-17)10-16(23)19-11-14-5-3-2-4-6-14/h2-9H,10-12H2,1H3,(H,19,23). The topological polar surface area (TPSA) is 90.0 Å². The van der Waals surface area contributed by atoms with E-state index in [0.29, 0.717) is 12.4 Å². The van der Waals surface area contributed by atoms with Gasteiger partial charge in [0.15, 0.2) is 5.82 Å². The highest BCUT2D eigenvalue weighted by Crippen LogP contribution is 2.02. The summed E-state index contributed by atoms with van der Waals surface area (Å²) in [6.07, 6.45) is 1.70. The Balaban J connectivity index is 1.56. The highest BCUT2D eigenvalue weighted by Gasteiger charge is 2.11. The summed E-state index contributed by atoms with van der Waals surface area (Å²) in [5, 5.41) is 6.60. The summed E-state index contributed by atoms with van der Waals surface area (Å²) in [6.45, 7) is 2.48. The van der Waals surface area contributed by atoms with E-state index in [1.165, 1.54) is 10.6 Å². The molecule has 3 rings (SSSR count). The summed E-state index contributed by atoms with van der Waals surface area (Å²) < 4.78 is 6.59. The fraction of sp³-hybridized carbons (Fsp3) is 0.222. The van der Waals surface area contributed by atoms with Crippen LogP contribution in [0.3, 0.4) is 0 Å². The van der Waals surface area contributed by atoms with E-state index in [0.717, 1.165) is 11.1 Å². The van der Waals surface area contributed by atoms with E-state index in [-0.39, 0.29) is 30.3 Å². The van der Waals surface area contributed by atoms with Crippen LogP contribution in [0.5, 0.6) is 0 Å². The molecule has 1 amide bonds. The van der Waals surface area contributed by atoms with Crippen LogP contribution in [0.1, 0.15) is 22.8 Å². The molecular formula is C18H18N4O3. The number of amides is 1. The van der Waals surface area contributed by atoms with Crippen molar-refractivity contribution in [2.24, 2.45) is 0 Å². The average Bonchev–Trinajstić information content (AvgIpc) is 3.03. The highest BCUT2D eigenvalue weighted by molar-refractivity contribution is 5.77. The molecule has 2 aromatic heterocycles. The zero-order chi connectivity index (χ0) is 17.6. The van der Waals surface area contributed by atoms with Crippen LogP contribution in [-0.4, -0.2) is 20.6 Å². The maximum Gasteiger partial charge on any atom is 0.251 e. The SMILES string of the molecule is Cc1ccn(Cc2nc(CC(=O)NCc3ccccc3)no2)c(=O)c1. The van der Waals surface area contributed by atoms with Crippen LogP contribution < -0.4 is 10.9 Å². The third-order valence-electron chi connectivity index (χ3n) is 3.62. The number of nitrogens with one attached hydrogen (secondary N) is 1. The summed E-state index contributed by atoms with van der Waals surface area (Å²) in [5.41, 5.74) is 1.77. The van der Waals surface area contributed by atoms with Crippen LogP contribution in [0, 0.1) is 6.92 Å². The van der Waals surface area contributed by atoms with Gasteiger partial charge in [0.05, 0.1) is 6.42 Å². The maximum atomic E-state index is 12.0. The molecule has 0 radical (unpaired) electrons. The number of carbonyl (C=O) groups excluding carboxylic acids is 1. The van der Waals surface area contributed by atoms with Gasteiger partial charge in [0.1, 0.15) is 6.54 Å². The Morgan fingerprint density at radius 1 is 1.24 bits per heavy atom. The molecule has 0 unspecified atom stereocenters. The van der Waals surface area contributed by atoms with Crippen molar-refractivity contribution >= 4 is 5.91 Å². The molecule has 0 aliphatic carbocycles. The zero-order valence-corrected chi connectivity index (χ0v) is 13.8. The Hall–Kier alpha value is -3.22. The summed E-state index contributed by atoms with van der Waals surface area (Å²) in [7, 11) is 0. The van der Waals surface area contributed by atoms with Gasteiger partial charge in [-0.3, -0.25) is 9.59 Å². The van der Waals surface area contributed by atoms with Gasteiger partial charge in [0.25, 0.3) is 5.56 Å². The molecule has 1 aromatic carbocycles. The monoisotopic (exact) mass is 338 g/mol. The van der Waals surface area contributed by atoms with Crippen molar-refractivity contribution in [3.8, 4) is 0 Å². The number of pyridine rings is 1. The molecule has 3 aromatic rings. The molecule has 2 heterocycles. The lowest BCUT2D eigenvalue weighted by atomic mass is 10.2. The Morgan fingerprint density at radius 2 is 2.04 bits per heavy atom. The van der Waals surface area contributed by atoms with Gasteiger partial charge < -0.3 is 14.4 Å². The first-order valence-electron chi connectivity index (χ1n) is 7.89. The van der Waals surface area contributed by atoms with Crippen molar-refractivity contribution in [2.45, 2.75) is 26.4 Å². The number of aryl methyl sites for hydroxylation is 1. The second-order valence-corrected chi connectivity index (χ2v) is 5.71. The normalized spacial score (nSPS) is 10.6. The van der Waals surface area contributed by atoms with Crippen LogP contribution in [0.25, 0.3) is 0 Å². The van der Waals surface area contributed by atoms with Crippen LogP contribution in [-0.2, 0) is 24.3 Å². The molecule has 7 heteroatoms. The van der Waals surface area contributed by atoms with Crippen molar-refractivity contribution in [3.63, 3.8) is 0 Å². The number of hydrogen-bond acceptors (Lipinski definition) is 5. The number of rotatable bonds is 6. The van der Waals surface area contributed by atoms with E-state index in [9.17, 15) is 9.59 Å². The first-order chi connectivity index (χ1) is 12.1. The van der Waals surface area contributed by atoms with E-state index in [2.05, 4.69) is 15.5 Å². The molecule has 128 valence electrons. The summed E-state index contributed by atoms with van der Waals surface area (Å²) in [6, 6.07) is 13.0. The molecule has 7 nitrogen and oxygen atoms in total. The minimum Gasteiger partial charge on any atom is -0.352 e. The fourth-order valence-corrected chi connectivity index (χ4v) is 2.31. The van der Waals surface area contributed by atoms with Gasteiger partial charge in [-0.1, -0.05) is 35.5 Å². The molecule has 0 saturated carbocycles. The lowest BCUT2D eigenvalue weighted by Gasteiger charge is -2.03. The van der Waals surface area contributed by atoms with Crippen molar-refractivity contribution in [2.75, 3.05) is 0 Å². The highest BCUT2D eigenvalue weighted by atomic mass is 16.5. The van der Waals surface area contributed by atoms with E-state index < -0.39 is 0 Å². The summed E-state index contributed by atoms with van der Waals surface area (Å²) in [5.74, 6) is 0.390. The van der Waals surface area contributed by atoms with E-state index >= 15 is 0 Å². The smallest absolute Gasteiger partial charge is 0.251 e. The van der Waals surface area contributed by atoms with Crippen molar-refractivity contribution in [1.29, 1.82) is 0 Å². The molecule has 0 fully saturated rings. The average molecular weight is 338 g/mol. The molecule has 0 atom stereocenters. The third-order valence-corrected chi connectivity index (χ3v) is 3.62. The molecule has 0 aliphatic heterocycles. The van der Waals surface area contributed by atoms with Gasteiger partial charge >= 0.3 is 0 Å². The third kappa shape index (κ3) is 4.63. The predicted molar refractivity (Wildman–Crippen MR) is 90.8 cm³/mol. The maximum absolute atomic E-state index is 12.0. The number of carbonyl (C=O) groups is 1. The van der Waals surface area contributed by atoms with Gasteiger partial charge in [0, 0.05) is 18.8 Å². The number of benzene rings is 1. The van der Waals surface area contributed by atoms with Crippen LogP contribution in [0.4, 0.5) is 0 Å². The Labute approximate surface area is 144 Å². The number of hydrogen-bond donors (Lipinski definition) is 1. The number of aromatic nitrogens is 3. The van der Waals surface area contributed by atoms with Crippen molar-refractivity contribution in [3.05, 3.63) is 81.9 Å².